The van der Waals surface area contributed by atoms with Gasteiger partial charge in [-0.05, 0) is 36.4 Å². The Labute approximate surface area is 157 Å². The number of aromatic nitrogens is 2. The lowest BCUT2D eigenvalue weighted by molar-refractivity contribution is -0.115. The molecule has 4 rings (SSSR count). The number of ether oxygens (including phenoxy) is 1. The fraction of sp³-hybridized carbons (Fsp3) is 0.0909. The van der Waals surface area contributed by atoms with Crippen LogP contribution in [0.2, 0.25) is 0 Å². The minimum atomic E-state index is -0.0944. The molecule has 1 amide bonds. The van der Waals surface area contributed by atoms with Crippen molar-refractivity contribution < 1.29 is 9.53 Å². The van der Waals surface area contributed by atoms with E-state index in [1.165, 1.54) is 0 Å². The van der Waals surface area contributed by atoms with Crippen molar-refractivity contribution >= 4 is 23.1 Å². The lowest BCUT2D eigenvalue weighted by Crippen LogP contribution is -2.24. The molecule has 0 bridgehead atoms. The number of imidazole rings is 1. The number of carbonyl (C=O) groups excluding carboxylic acids is 1. The molecule has 0 aliphatic rings. The maximum atomic E-state index is 12.7. The molecule has 0 aliphatic carbocycles. The summed E-state index contributed by atoms with van der Waals surface area (Å²) in [5.41, 5.74) is 3.25. The predicted molar refractivity (Wildman–Crippen MR) is 106 cm³/mol. The fourth-order valence-electron chi connectivity index (χ4n) is 3.17. The Morgan fingerprint density at radius 3 is 2.33 bits per heavy atom. The van der Waals surface area contributed by atoms with E-state index < -0.39 is 0 Å². The summed E-state index contributed by atoms with van der Waals surface area (Å²) in [6, 6.07) is 23.1. The Morgan fingerprint density at radius 1 is 0.963 bits per heavy atom. The number of hydrogen-bond acceptors (Lipinski definition) is 3. The molecule has 27 heavy (non-hydrogen) atoms. The molecule has 5 nitrogen and oxygen atoms in total. The van der Waals surface area contributed by atoms with Crippen LogP contribution >= 0.6 is 0 Å². The quantitative estimate of drug-likeness (QED) is 0.532. The van der Waals surface area contributed by atoms with Crippen molar-refractivity contribution in [2.45, 2.75) is 6.92 Å². The van der Waals surface area contributed by atoms with E-state index in [2.05, 4.69) is 0 Å². The van der Waals surface area contributed by atoms with Gasteiger partial charge in [0.25, 0.3) is 0 Å². The van der Waals surface area contributed by atoms with Gasteiger partial charge in [0.15, 0.2) is 5.82 Å². The first-order valence-electron chi connectivity index (χ1n) is 8.66. The summed E-state index contributed by atoms with van der Waals surface area (Å²) < 4.78 is 7.18. The van der Waals surface area contributed by atoms with Gasteiger partial charge >= 0.3 is 0 Å². The van der Waals surface area contributed by atoms with Gasteiger partial charge in [-0.25, -0.2) is 4.98 Å². The number of amides is 1. The van der Waals surface area contributed by atoms with Crippen LogP contribution in [0.5, 0.6) is 5.75 Å². The van der Waals surface area contributed by atoms with Gasteiger partial charge in [-0.2, -0.15) is 0 Å². The van der Waals surface area contributed by atoms with Crippen LogP contribution in [-0.4, -0.2) is 22.4 Å². The van der Waals surface area contributed by atoms with E-state index in [9.17, 15) is 4.79 Å². The molecule has 2 aromatic heterocycles. The lowest BCUT2D eigenvalue weighted by atomic mass is 10.1. The van der Waals surface area contributed by atoms with Gasteiger partial charge in [-0.3, -0.25) is 14.1 Å². The van der Waals surface area contributed by atoms with Gasteiger partial charge in [0.2, 0.25) is 5.91 Å². The Morgan fingerprint density at radius 2 is 1.67 bits per heavy atom. The van der Waals surface area contributed by atoms with E-state index in [0.717, 1.165) is 34.2 Å². The van der Waals surface area contributed by atoms with Crippen molar-refractivity contribution in [3.05, 3.63) is 79.0 Å². The van der Waals surface area contributed by atoms with Crippen molar-refractivity contribution in [3.8, 4) is 17.0 Å². The molecular formula is C22H19N3O2. The molecule has 0 radical (unpaired) electrons. The standard InChI is InChI=1S/C22H19N3O2/c1-16(26)25(18-11-13-19(27-2)14-12-18)22-21(17-8-4-3-5-9-17)23-20-10-6-7-15-24(20)22/h3-15H,1-2H3. The van der Waals surface area contributed by atoms with Crippen LogP contribution in [0.25, 0.3) is 16.9 Å². The number of anilines is 2. The number of fused-ring (bicyclic) bond motifs is 1. The number of nitrogens with zero attached hydrogens (tertiary/aromatic N) is 3. The van der Waals surface area contributed by atoms with Gasteiger partial charge in [0.05, 0.1) is 12.8 Å². The van der Waals surface area contributed by atoms with Crippen LogP contribution < -0.4 is 9.64 Å². The van der Waals surface area contributed by atoms with Crippen molar-refractivity contribution in [2.24, 2.45) is 0 Å². The molecule has 134 valence electrons. The Balaban J connectivity index is 1.97. The maximum Gasteiger partial charge on any atom is 0.229 e. The van der Waals surface area contributed by atoms with E-state index in [1.54, 1.807) is 18.9 Å². The summed E-state index contributed by atoms with van der Waals surface area (Å²) >= 11 is 0. The van der Waals surface area contributed by atoms with Gasteiger partial charge in [0.1, 0.15) is 17.1 Å². The first kappa shape index (κ1) is 16.8. The Kier molecular flexibility index (Phi) is 4.34. The highest BCUT2D eigenvalue weighted by atomic mass is 16.5. The van der Waals surface area contributed by atoms with Crippen molar-refractivity contribution in [2.75, 3.05) is 12.0 Å². The number of benzene rings is 2. The second-order valence-electron chi connectivity index (χ2n) is 6.13. The fourth-order valence-corrected chi connectivity index (χ4v) is 3.17. The molecular weight excluding hydrogens is 338 g/mol. The van der Waals surface area contributed by atoms with Gasteiger partial charge in [0, 0.05) is 18.7 Å². The molecule has 0 saturated carbocycles. The number of rotatable bonds is 4. The van der Waals surface area contributed by atoms with E-state index in [1.807, 2.05) is 83.4 Å². The monoisotopic (exact) mass is 357 g/mol. The minimum absolute atomic E-state index is 0.0944. The highest BCUT2D eigenvalue weighted by Crippen LogP contribution is 2.36. The van der Waals surface area contributed by atoms with Gasteiger partial charge < -0.3 is 4.74 Å². The zero-order chi connectivity index (χ0) is 18.8. The molecule has 2 heterocycles. The third-order valence-corrected chi connectivity index (χ3v) is 4.41. The minimum Gasteiger partial charge on any atom is -0.497 e. The van der Waals surface area contributed by atoms with E-state index in [4.69, 9.17) is 9.72 Å². The molecule has 4 aromatic rings. The van der Waals surface area contributed by atoms with E-state index in [-0.39, 0.29) is 5.91 Å². The third kappa shape index (κ3) is 3.04. The molecule has 0 atom stereocenters. The lowest BCUT2D eigenvalue weighted by Gasteiger charge is -2.22. The first-order chi connectivity index (χ1) is 13.2. The first-order valence-corrected chi connectivity index (χ1v) is 8.66. The number of carbonyl (C=O) groups is 1. The van der Waals surface area contributed by atoms with Gasteiger partial charge in [-0.1, -0.05) is 36.4 Å². The molecule has 0 unspecified atom stereocenters. The van der Waals surface area contributed by atoms with Crippen LogP contribution in [0.1, 0.15) is 6.92 Å². The van der Waals surface area contributed by atoms with Crippen molar-refractivity contribution in [3.63, 3.8) is 0 Å². The number of hydrogen-bond donors (Lipinski definition) is 0. The van der Waals surface area contributed by atoms with Crippen LogP contribution in [0.15, 0.2) is 79.0 Å². The summed E-state index contributed by atoms with van der Waals surface area (Å²) in [7, 11) is 1.62. The van der Waals surface area contributed by atoms with Crippen LogP contribution in [0.4, 0.5) is 11.5 Å². The number of methoxy groups -OCH3 is 1. The SMILES string of the molecule is COc1ccc(N(C(C)=O)c2c(-c3ccccc3)nc3ccccn23)cc1. The Bertz CT molecular complexity index is 1090. The molecule has 5 heteroatoms. The number of pyridine rings is 1. The van der Waals surface area contributed by atoms with E-state index >= 15 is 0 Å². The highest BCUT2D eigenvalue weighted by molar-refractivity contribution is 6.02. The molecule has 2 aromatic carbocycles. The van der Waals surface area contributed by atoms with Crippen LogP contribution in [0, 0.1) is 0 Å². The molecule has 0 saturated heterocycles. The second kappa shape index (κ2) is 6.96. The van der Waals surface area contributed by atoms with E-state index in [0.29, 0.717) is 0 Å². The zero-order valence-electron chi connectivity index (χ0n) is 15.2. The third-order valence-electron chi connectivity index (χ3n) is 4.41. The van der Waals surface area contributed by atoms with Gasteiger partial charge in [-0.15, -0.1) is 0 Å². The molecule has 0 N–H and O–H groups in total. The zero-order valence-corrected chi connectivity index (χ0v) is 15.2. The summed E-state index contributed by atoms with van der Waals surface area (Å²) in [4.78, 5) is 19.2. The topological polar surface area (TPSA) is 46.8 Å². The van der Waals surface area contributed by atoms with Crippen molar-refractivity contribution in [1.82, 2.24) is 9.38 Å². The summed E-state index contributed by atoms with van der Waals surface area (Å²) in [5, 5.41) is 0. The molecule has 0 spiro atoms. The maximum absolute atomic E-state index is 12.7. The summed E-state index contributed by atoms with van der Waals surface area (Å²) in [5.74, 6) is 1.36. The predicted octanol–water partition coefficient (Wildman–Crippen LogP) is 4.69. The Hall–Kier alpha value is -3.60. The van der Waals surface area contributed by atoms with Crippen LogP contribution in [-0.2, 0) is 4.79 Å². The molecule has 0 aliphatic heterocycles. The normalized spacial score (nSPS) is 10.7. The average Bonchev–Trinajstić information content (AvgIpc) is 3.08. The summed E-state index contributed by atoms with van der Waals surface area (Å²) in [6.07, 6.45) is 1.92. The molecule has 0 fully saturated rings. The van der Waals surface area contributed by atoms with Crippen LogP contribution in [0.3, 0.4) is 0 Å². The smallest absolute Gasteiger partial charge is 0.229 e. The second-order valence-corrected chi connectivity index (χ2v) is 6.13. The highest BCUT2D eigenvalue weighted by Gasteiger charge is 2.24. The largest absolute Gasteiger partial charge is 0.497 e. The summed E-state index contributed by atoms with van der Waals surface area (Å²) in [6.45, 7) is 1.56. The average molecular weight is 357 g/mol. The van der Waals surface area contributed by atoms with Crippen molar-refractivity contribution in [1.29, 1.82) is 0 Å².